The van der Waals surface area contributed by atoms with Crippen molar-refractivity contribution in [3.05, 3.63) is 0 Å². The van der Waals surface area contributed by atoms with Gasteiger partial charge in [-0.25, -0.2) is 4.79 Å². The van der Waals surface area contributed by atoms with Crippen LogP contribution in [-0.4, -0.2) is 37.2 Å². The van der Waals surface area contributed by atoms with E-state index in [2.05, 4.69) is 5.32 Å². The Morgan fingerprint density at radius 1 is 1.56 bits per heavy atom. The van der Waals surface area contributed by atoms with E-state index in [9.17, 15) is 9.59 Å². The van der Waals surface area contributed by atoms with Crippen molar-refractivity contribution in [1.82, 2.24) is 5.32 Å². The normalized spacial score (nSPS) is 21.7. The summed E-state index contributed by atoms with van der Waals surface area (Å²) in [6.45, 7) is 6.54. The first-order valence-corrected chi connectivity index (χ1v) is 5.46. The number of ketones is 1. The van der Waals surface area contributed by atoms with Gasteiger partial charge in [0.1, 0.15) is 11.4 Å². The molecule has 1 aliphatic rings. The van der Waals surface area contributed by atoms with Crippen molar-refractivity contribution in [2.24, 2.45) is 5.92 Å². The average molecular weight is 229 g/mol. The fourth-order valence-electron chi connectivity index (χ4n) is 1.39. The minimum atomic E-state index is -0.517. The van der Waals surface area contributed by atoms with E-state index >= 15 is 0 Å². The van der Waals surface area contributed by atoms with Gasteiger partial charge in [0, 0.05) is 13.0 Å². The van der Waals surface area contributed by atoms with Gasteiger partial charge in [0.05, 0.1) is 19.1 Å². The van der Waals surface area contributed by atoms with Crippen molar-refractivity contribution < 1.29 is 19.1 Å². The Balaban J connectivity index is 2.28. The smallest absolute Gasteiger partial charge is 0.407 e. The zero-order chi connectivity index (χ0) is 12.2. The van der Waals surface area contributed by atoms with E-state index < -0.39 is 11.7 Å². The van der Waals surface area contributed by atoms with Crippen molar-refractivity contribution in [1.29, 1.82) is 0 Å². The lowest BCUT2D eigenvalue weighted by Crippen LogP contribution is -2.40. The van der Waals surface area contributed by atoms with Gasteiger partial charge in [0.2, 0.25) is 0 Å². The number of Topliss-reactive ketones (excluding diaryl/α,β-unsaturated/α-hetero) is 1. The Morgan fingerprint density at radius 2 is 2.25 bits per heavy atom. The maximum Gasteiger partial charge on any atom is 0.407 e. The Kier molecular flexibility index (Phi) is 4.29. The second-order valence-corrected chi connectivity index (χ2v) is 4.87. The number of hydrogen-bond donors (Lipinski definition) is 1. The monoisotopic (exact) mass is 229 g/mol. The highest BCUT2D eigenvalue weighted by Crippen LogP contribution is 2.10. The molecule has 1 saturated heterocycles. The molecule has 92 valence electrons. The quantitative estimate of drug-likeness (QED) is 0.770. The highest BCUT2D eigenvalue weighted by Gasteiger charge is 2.24. The SMILES string of the molecule is CC(C)(C)OC(=O)NCC1COCCC1=O. The van der Waals surface area contributed by atoms with E-state index in [1.165, 1.54) is 0 Å². The molecule has 1 aliphatic heterocycles. The third kappa shape index (κ3) is 4.61. The third-order valence-corrected chi connectivity index (χ3v) is 2.16. The van der Waals surface area contributed by atoms with Crippen LogP contribution in [0.5, 0.6) is 0 Å². The molecule has 1 amide bonds. The molecule has 5 nitrogen and oxygen atoms in total. The lowest BCUT2D eigenvalue weighted by molar-refractivity contribution is -0.130. The maximum absolute atomic E-state index is 11.4. The zero-order valence-electron chi connectivity index (χ0n) is 10.0. The molecule has 0 radical (unpaired) electrons. The number of nitrogens with one attached hydrogen (secondary N) is 1. The molecule has 0 bridgehead atoms. The van der Waals surface area contributed by atoms with E-state index in [1.54, 1.807) is 20.8 Å². The molecule has 0 aromatic heterocycles. The van der Waals surface area contributed by atoms with Gasteiger partial charge >= 0.3 is 6.09 Å². The molecule has 0 aliphatic carbocycles. The molecule has 1 heterocycles. The first-order chi connectivity index (χ1) is 7.38. The summed E-state index contributed by atoms with van der Waals surface area (Å²) in [5.41, 5.74) is -0.517. The largest absolute Gasteiger partial charge is 0.444 e. The standard InChI is InChI=1S/C11H19NO4/c1-11(2,3)16-10(14)12-6-8-7-15-5-4-9(8)13/h8H,4-7H2,1-3H3,(H,12,14). The maximum atomic E-state index is 11.4. The number of alkyl carbamates (subject to hydrolysis) is 1. The van der Waals surface area contributed by atoms with Crippen LogP contribution in [0.15, 0.2) is 0 Å². The number of carbonyl (C=O) groups excluding carboxylic acids is 2. The fourth-order valence-corrected chi connectivity index (χ4v) is 1.39. The van der Waals surface area contributed by atoms with Crippen molar-refractivity contribution >= 4 is 11.9 Å². The Labute approximate surface area is 95.5 Å². The molecule has 16 heavy (non-hydrogen) atoms. The Bertz CT molecular complexity index is 270. The Morgan fingerprint density at radius 3 is 2.81 bits per heavy atom. The second-order valence-electron chi connectivity index (χ2n) is 4.87. The van der Waals surface area contributed by atoms with Gasteiger partial charge < -0.3 is 14.8 Å². The average Bonchev–Trinajstić information content (AvgIpc) is 2.14. The second kappa shape index (κ2) is 5.30. The van der Waals surface area contributed by atoms with Gasteiger partial charge in [-0.3, -0.25) is 4.79 Å². The molecule has 1 fully saturated rings. The molecule has 1 unspecified atom stereocenters. The number of hydrogen-bond acceptors (Lipinski definition) is 4. The number of carbonyl (C=O) groups is 2. The molecule has 1 atom stereocenters. The third-order valence-electron chi connectivity index (χ3n) is 2.16. The van der Waals surface area contributed by atoms with E-state index in [0.29, 0.717) is 19.6 Å². The van der Waals surface area contributed by atoms with Gasteiger partial charge in [-0.1, -0.05) is 0 Å². The summed E-state index contributed by atoms with van der Waals surface area (Å²) >= 11 is 0. The number of rotatable bonds is 2. The van der Waals surface area contributed by atoms with Crippen LogP contribution in [0, 0.1) is 5.92 Å². The van der Waals surface area contributed by atoms with Crippen molar-refractivity contribution in [2.75, 3.05) is 19.8 Å². The van der Waals surface area contributed by atoms with Crippen LogP contribution >= 0.6 is 0 Å². The van der Waals surface area contributed by atoms with Gasteiger partial charge in [0.15, 0.2) is 0 Å². The highest BCUT2D eigenvalue weighted by molar-refractivity contribution is 5.82. The molecular formula is C11H19NO4. The highest BCUT2D eigenvalue weighted by atomic mass is 16.6. The summed E-state index contributed by atoms with van der Waals surface area (Å²) in [5.74, 6) is -0.0939. The van der Waals surface area contributed by atoms with E-state index in [4.69, 9.17) is 9.47 Å². The molecule has 1 N–H and O–H groups in total. The summed E-state index contributed by atoms with van der Waals surface area (Å²) in [7, 11) is 0. The van der Waals surface area contributed by atoms with Gasteiger partial charge in [-0.15, -0.1) is 0 Å². The number of ether oxygens (including phenoxy) is 2. The molecule has 0 spiro atoms. The summed E-state index contributed by atoms with van der Waals surface area (Å²) in [6, 6.07) is 0. The lowest BCUT2D eigenvalue weighted by Gasteiger charge is -2.23. The molecule has 0 saturated carbocycles. The minimum Gasteiger partial charge on any atom is -0.444 e. The van der Waals surface area contributed by atoms with Crippen LogP contribution in [0.3, 0.4) is 0 Å². The Hall–Kier alpha value is -1.10. The van der Waals surface area contributed by atoms with Crippen LogP contribution in [0.4, 0.5) is 4.79 Å². The predicted molar refractivity (Wildman–Crippen MR) is 58.2 cm³/mol. The van der Waals surface area contributed by atoms with Crippen LogP contribution in [0.1, 0.15) is 27.2 Å². The summed E-state index contributed by atoms with van der Waals surface area (Å²) < 4.78 is 10.2. The molecule has 0 aromatic rings. The van der Waals surface area contributed by atoms with Crippen LogP contribution in [0.2, 0.25) is 0 Å². The van der Waals surface area contributed by atoms with Gasteiger partial charge in [0.25, 0.3) is 0 Å². The van der Waals surface area contributed by atoms with Gasteiger partial charge in [-0.2, -0.15) is 0 Å². The van der Waals surface area contributed by atoms with Gasteiger partial charge in [-0.05, 0) is 20.8 Å². The fraction of sp³-hybridized carbons (Fsp3) is 0.818. The van der Waals surface area contributed by atoms with E-state index in [-0.39, 0.29) is 18.2 Å². The van der Waals surface area contributed by atoms with Crippen LogP contribution in [-0.2, 0) is 14.3 Å². The molecule has 1 rings (SSSR count). The first kappa shape index (κ1) is 13.0. The van der Waals surface area contributed by atoms with E-state index in [1.807, 2.05) is 0 Å². The van der Waals surface area contributed by atoms with Crippen molar-refractivity contribution in [3.8, 4) is 0 Å². The first-order valence-electron chi connectivity index (χ1n) is 5.46. The predicted octanol–water partition coefficient (Wildman–Crippen LogP) is 1.12. The minimum absolute atomic E-state index is 0.141. The molecule has 5 heteroatoms. The lowest BCUT2D eigenvalue weighted by atomic mass is 10.0. The summed E-state index contributed by atoms with van der Waals surface area (Å²) in [6.07, 6.45) is -0.0633. The molecule has 0 aromatic carbocycles. The van der Waals surface area contributed by atoms with Crippen molar-refractivity contribution in [2.45, 2.75) is 32.8 Å². The summed E-state index contributed by atoms with van der Waals surface area (Å²) in [4.78, 5) is 22.7. The number of amides is 1. The van der Waals surface area contributed by atoms with E-state index in [0.717, 1.165) is 0 Å². The van der Waals surface area contributed by atoms with Crippen molar-refractivity contribution in [3.63, 3.8) is 0 Å². The zero-order valence-corrected chi connectivity index (χ0v) is 10.0. The van der Waals surface area contributed by atoms with Crippen LogP contribution in [0.25, 0.3) is 0 Å². The molecular weight excluding hydrogens is 210 g/mol. The van der Waals surface area contributed by atoms with Crippen LogP contribution < -0.4 is 5.32 Å². The topological polar surface area (TPSA) is 64.6 Å². The summed E-state index contributed by atoms with van der Waals surface area (Å²) in [5, 5.41) is 2.58.